The normalized spacial score (nSPS) is 11.7. The van der Waals surface area contributed by atoms with Crippen molar-refractivity contribution >= 4 is 65.1 Å². The lowest BCUT2D eigenvalue weighted by Gasteiger charge is -2.18. The van der Waals surface area contributed by atoms with E-state index in [4.69, 9.17) is 4.74 Å². The number of esters is 2. The van der Waals surface area contributed by atoms with Gasteiger partial charge in [-0.15, -0.1) is 0 Å². The third-order valence-electron chi connectivity index (χ3n) is 7.70. The van der Waals surface area contributed by atoms with E-state index in [2.05, 4.69) is 0 Å². The highest BCUT2D eigenvalue weighted by atomic mass is 32.2. The Morgan fingerprint density at radius 2 is 0.796 bits per heavy atom. The van der Waals surface area contributed by atoms with Gasteiger partial charge in [0.05, 0.1) is 41.8 Å². The molecule has 0 aromatic heterocycles. The maximum atomic E-state index is 14.1. The summed E-state index contributed by atoms with van der Waals surface area (Å²) in [5, 5.41) is 20.4. The lowest BCUT2D eigenvalue weighted by Crippen LogP contribution is -2.23. The Bertz CT molecular complexity index is 2400. The zero-order valence-corrected chi connectivity index (χ0v) is 26.6. The molecule has 0 aliphatic heterocycles. The summed E-state index contributed by atoms with van der Waals surface area (Å²) < 4.78 is 61.5. The highest BCUT2D eigenvalue weighted by Gasteiger charge is 2.37. The molecule has 0 heterocycles. The molecule has 0 saturated carbocycles. The van der Waals surface area contributed by atoms with Crippen molar-refractivity contribution in [3.05, 3.63) is 144 Å². The minimum Gasteiger partial charge on any atom is -0.478 e. The van der Waals surface area contributed by atoms with E-state index >= 15 is 0 Å². The number of hydrogen-bond acceptors (Lipinski definition) is 9. The van der Waals surface area contributed by atoms with Crippen LogP contribution in [0.15, 0.2) is 141 Å². The molecule has 0 amide bonds. The first kappa shape index (κ1) is 32.7. The Morgan fingerprint density at radius 3 is 1.14 bits per heavy atom. The van der Waals surface area contributed by atoms with Crippen molar-refractivity contribution in [1.29, 1.82) is 0 Å². The fourth-order valence-electron chi connectivity index (χ4n) is 5.55. The minimum absolute atomic E-state index is 0.0694. The van der Waals surface area contributed by atoms with Gasteiger partial charge in [0.25, 0.3) is 0 Å². The van der Waals surface area contributed by atoms with Crippen LogP contribution in [0.3, 0.4) is 0 Å². The van der Waals surface area contributed by atoms with Crippen molar-refractivity contribution in [3.63, 3.8) is 0 Å². The molecule has 0 radical (unpaired) electrons. The summed E-state index contributed by atoms with van der Waals surface area (Å²) in [6, 6.07) is 27.2. The lowest BCUT2D eigenvalue weighted by molar-refractivity contribution is 0.0381. The third-order valence-corrected chi connectivity index (χ3v) is 11.4. The Hall–Kier alpha value is -6.18. The van der Waals surface area contributed by atoms with E-state index in [0.29, 0.717) is 0 Å². The van der Waals surface area contributed by atoms with Gasteiger partial charge >= 0.3 is 23.9 Å². The second-order valence-corrected chi connectivity index (χ2v) is 14.4. The molecule has 6 rings (SSSR count). The number of hydrogen-bond donors (Lipinski definition) is 2. The molecule has 49 heavy (non-hydrogen) atoms. The topological polar surface area (TPSA) is 186 Å². The van der Waals surface area contributed by atoms with Gasteiger partial charge in [0.1, 0.15) is 0 Å². The molecule has 2 N–H and O–H groups in total. The maximum absolute atomic E-state index is 14.1. The molecule has 6 aromatic rings. The molecule has 0 aliphatic carbocycles. The van der Waals surface area contributed by atoms with E-state index in [-0.39, 0.29) is 31.3 Å². The van der Waals surface area contributed by atoms with Crippen LogP contribution >= 0.6 is 0 Å². The number of ether oxygens (including phenoxy) is 1. The summed E-state index contributed by atoms with van der Waals surface area (Å²) in [4.78, 5) is 50.9. The van der Waals surface area contributed by atoms with Crippen molar-refractivity contribution in [2.24, 2.45) is 0 Å². The average molecular weight is 695 g/mol. The molecular weight excluding hydrogens is 673 g/mol. The van der Waals surface area contributed by atoms with Crippen LogP contribution in [-0.4, -0.2) is 50.9 Å². The summed E-state index contributed by atoms with van der Waals surface area (Å²) in [6.45, 7) is 0. The van der Waals surface area contributed by atoms with E-state index in [0.717, 1.165) is 12.1 Å². The van der Waals surface area contributed by atoms with Crippen LogP contribution in [0.2, 0.25) is 0 Å². The Labute approximate surface area is 278 Å². The molecule has 13 heteroatoms. The zero-order chi connectivity index (χ0) is 35.1. The molecule has 0 atom stereocenters. The molecular formula is C36H22O11S2. The maximum Gasteiger partial charge on any atom is 0.348 e. The molecule has 0 bridgehead atoms. The predicted molar refractivity (Wildman–Crippen MR) is 175 cm³/mol. The highest BCUT2D eigenvalue weighted by molar-refractivity contribution is 7.92. The quantitative estimate of drug-likeness (QED) is 0.139. The number of benzene rings is 6. The number of carboxylic acid groups (broad SMARTS) is 2. The summed E-state index contributed by atoms with van der Waals surface area (Å²) in [5.41, 5.74) is -3.71. The summed E-state index contributed by atoms with van der Waals surface area (Å²) in [7, 11) is -9.36. The Kier molecular flexibility index (Phi) is 8.32. The SMILES string of the molecule is O=C(O)c1cc2ccccc2c(S(=O)(=O)c2ccccc2)c1C(=O)OC(=O)c1c(C(=O)O)cc2ccccc2c1S(=O)(=O)c1ccccc1. The fraction of sp³-hybridized carbons (Fsp3) is 0. The molecule has 244 valence electrons. The van der Waals surface area contributed by atoms with Crippen LogP contribution in [0, 0.1) is 0 Å². The van der Waals surface area contributed by atoms with Crippen LogP contribution in [0.25, 0.3) is 21.5 Å². The average Bonchev–Trinajstić information content (AvgIpc) is 3.10. The van der Waals surface area contributed by atoms with Gasteiger partial charge in [-0.25, -0.2) is 36.0 Å². The van der Waals surface area contributed by atoms with Gasteiger partial charge in [-0.3, -0.25) is 0 Å². The predicted octanol–water partition coefficient (Wildman–Crippen LogP) is 6.05. The highest BCUT2D eigenvalue weighted by Crippen LogP contribution is 2.37. The second-order valence-electron chi connectivity index (χ2n) is 10.6. The van der Waals surface area contributed by atoms with Gasteiger partial charge in [-0.05, 0) is 47.2 Å². The van der Waals surface area contributed by atoms with Gasteiger partial charge in [0, 0.05) is 10.8 Å². The van der Waals surface area contributed by atoms with E-state index in [9.17, 15) is 46.2 Å². The van der Waals surface area contributed by atoms with Crippen LogP contribution < -0.4 is 0 Å². The molecule has 0 saturated heterocycles. The van der Waals surface area contributed by atoms with Gasteiger partial charge < -0.3 is 14.9 Å². The molecule has 11 nitrogen and oxygen atoms in total. The van der Waals surface area contributed by atoms with Crippen LogP contribution in [0.5, 0.6) is 0 Å². The summed E-state index contributed by atoms with van der Waals surface area (Å²) in [5.74, 6) is -7.01. The van der Waals surface area contributed by atoms with E-state index < -0.39 is 75.6 Å². The zero-order valence-electron chi connectivity index (χ0n) is 24.9. The lowest BCUT2D eigenvalue weighted by atomic mass is 9.99. The molecule has 0 fully saturated rings. The minimum atomic E-state index is -4.68. The number of aromatic carboxylic acids is 2. The van der Waals surface area contributed by atoms with Crippen LogP contribution in [-0.2, 0) is 24.4 Å². The third kappa shape index (κ3) is 5.70. The van der Waals surface area contributed by atoms with Gasteiger partial charge in [-0.2, -0.15) is 0 Å². The number of fused-ring (bicyclic) bond motifs is 2. The number of sulfone groups is 2. The summed E-state index contributed by atoms with van der Waals surface area (Å²) >= 11 is 0. The fourth-order valence-corrected chi connectivity index (χ4v) is 8.93. The number of carbonyl (C=O) groups excluding carboxylic acids is 2. The first-order chi connectivity index (χ1) is 23.3. The molecule has 0 spiro atoms. The number of carbonyl (C=O) groups is 4. The van der Waals surface area contributed by atoms with E-state index in [1.54, 1.807) is 12.1 Å². The van der Waals surface area contributed by atoms with Crippen LogP contribution in [0.1, 0.15) is 41.4 Å². The Balaban J connectivity index is 1.62. The first-order valence-corrected chi connectivity index (χ1v) is 17.3. The number of carboxylic acids is 2. The standard InChI is InChI=1S/C36H22O11S2/c37-33(38)27-19-21-11-7-9-17-25(21)31(48(43,44)23-13-3-1-4-14-23)29(27)35(41)47-36(42)30-28(34(39)40)20-22-12-8-10-18-26(22)32(30)49(45,46)24-15-5-2-6-16-24/h1-20H,(H,37,38)(H,39,40). The van der Waals surface area contributed by atoms with Gasteiger partial charge in [0.2, 0.25) is 19.7 Å². The molecule has 0 unspecified atom stereocenters. The number of rotatable bonds is 8. The van der Waals surface area contributed by atoms with Crippen LogP contribution in [0.4, 0.5) is 0 Å². The van der Waals surface area contributed by atoms with Gasteiger partial charge in [0.15, 0.2) is 0 Å². The van der Waals surface area contributed by atoms with Crippen molar-refractivity contribution in [2.75, 3.05) is 0 Å². The monoisotopic (exact) mass is 694 g/mol. The second kappa shape index (κ2) is 12.4. The van der Waals surface area contributed by atoms with Crippen molar-refractivity contribution in [1.82, 2.24) is 0 Å². The van der Waals surface area contributed by atoms with E-state index in [1.807, 2.05) is 0 Å². The van der Waals surface area contributed by atoms with Crippen molar-refractivity contribution < 1.29 is 51.0 Å². The van der Waals surface area contributed by atoms with E-state index in [1.165, 1.54) is 97.1 Å². The molecule has 0 aliphatic rings. The first-order valence-electron chi connectivity index (χ1n) is 14.3. The van der Waals surface area contributed by atoms with Crippen molar-refractivity contribution in [3.8, 4) is 0 Å². The Morgan fingerprint density at radius 1 is 0.469 bits per heavy atom. The van der Waals surface area contributed by atoms with Gasteiger partial charge in [-0.1, -0.05) is 84.9 Å². The summed E-state index contributed by atoms with van der Waals surface area (Å²) in [6.07, 6.45) is 0. The van der Waals surface area contributed by atoms with Crippen molar-refractivity contribution in [2.45, 2.75) is 19.6 Å². The smallest absolute Gasteiger partial charge is 0.348 e. The molecule has 6 aromatic carbocycles. The largest absolute Gasteiger partial charge is 0.478 e.